The van der Waals surface area contributed by atoms with E-state index in [0.717, 1.165) is 11.8 Å². The Kier molecular flexibility index (Phi) is 7.92. The van der Waals surface area contributed by atoms with Gasteiger partial charge in [-0.2, -0.15) is 0 Å². The van der Waals surface area contributed by atoms with Gasteiger partial charge < -0.3 is 0 Å². The molecule has 0 fully saturated rings. The van der Waals surface area contributed by atoms with E-state index in [-0.39, 0.29) is 0 Å². The zero-order chi connectivity index (χ0) is 18.7. The maximum atomic E-state index is 2.50. The Morgan fingerprint density at radius 2 is 1.04 bits per heavy atom. The largest absolute Gasteiger partial charge is 0.0651 e. The third-order valence-electron chi connectivity index (χ3n) is 5.77. The fourth-order valence-electron chi connectivity index (χ4n) is 4.94. The monoisotopic (exact) mass is 324 g/mol. The van der Waals surface area contributed by atoms with Gasteiger partial charge in [-0.3, -0.25) is 0 Å². The van der Waals surface area contributed by atoms with E-state index in [1.165, 1.54) is 32.1 Å². The van der Waals surface area contributed by atoms with Crippen LogP contribution in [0.1, 0.15) is 115 Å². The van der Waals surface area contributed by atoms with Crippen molar-refractivity contribution in [2.75, 3.05) is 0 Å². The summed E-state index contributed by atoms with van der Waals surface area (Å²) < 4.78 is 0. The Morgan fingerprint density at radius 1 is 0.652 bits per heavy atom. The van der Waals surface area contributed by atoms with Crippen molar-refractivity contribution >= 4 is 0 Å². The highest BCUT2D eigenvalue weighted by molar-refractivity contribution is 4.85. The summed E-state index contributed by atoms with van der Waals surface area (Å²) in [5, 5.41) is 0. The molecule has 1 unspecified atom stereocenters. The third-order valence-corrected chi connectivity index (χ3v) is 5.77. The van der Waals surface area contributed by atoms with Crippen LogP contribution >= 0.6 is 0 Å². The van der Waals surface area contributed by atoms with Crippen LogP contribution in [0, 0.1) is 33.5 Å². The van der Waals surface area contributed by atoms with E-state index in [2.05, 4.69) is 83.1 Å². The summed E-state index contributed by atoms with van der Waals surface area (Å²) in [6, 6.07) is 0. The van der Waals surface area contributed by atoms with Crippen molar-refractivity contribution in [2.45, 2.75) is 115 Å². The average molecular weight is 325 g/mol. The molecule has 0 bridgehead atoms. The van der Waals surface area contributed by atoms with Gasteiger partial charge in [0.2, 0.25) is 0 Å². The van der Waals surface area contributed by atoms with Crippen LogP contribution < -0.4 is 0 Å². The Hall–Kier alpha value is 0. The maximum Gasteiger partial charge on any atom is -0.0326 e. The van der Waals surface area contributed by atoms with Crippen LogP contribution in [-0.4, -0.2) is 0 Å². The summed E-state index contributed by atoms with van der Waals surface area (Å²) >= 11 is 0. The van der Waals surface area contributed by atoms with Crippen molar-refractivity contribution in [3.63, 3.8) is 0 Å². The molecule has 0 saturated carbocycles. The molecule has 0 aliphatic rings. The Balaban J connectivity index is 4.87. The first-order chi connectivity index (χ1) is 10.00. The van der Waals surface area contributed by atoms with Crippen molar-refractivity contribution in [3.05, 3.63) is 0 Å². The van der Waals surface area contributed by atoms with Gasteiger partial charge in [0.1, 0.15) is 0 Å². The van der Waals surface area contributed by atoms with E-state index in [4.69, 9.17) is 0 Å². The first-order valence-electron chi connectivity index (χ1n) is 10.00. The molecule has 0 radical (unpaired) electrons. The fraction of sp³-hybridized carbons (Fsp3) is 1.00. The number of hydrogen-bond acceptors (Lipinski definition) is 0. The summed E-state index contributed by atoms with van der Waals surface area (Å²) in [5.74, 6) is 1.60. The second-order valence-corrected chi connectivity index (χ2v) is 12.1. The lowest BCUT2D eigenvalue weighted by Gasteiger charge is -2.41. The molecular weight excluding hydrogens is 276 g/mol. The van der Waals surface area contributed by atoms with Crippen LogP contribution in [0.2, 0.25) is 0 Å². The third kappa shape index (κ3) is 9.78. The van der Waals surface area contributed by atoms with Crippen LogP contribution in [0.3, 0.4) is 0 Å². The van der Waals surface area contributed by atoms with Gasteiger partial charge in [0.25, 0.3) is 0 Å². The molecular formula is C23H48. The lowest BCUT2D eigenvalue weighted by atomic mass is 9.64. The summed E-state index contributed by atoms with van der Waals surface area (Å²) in [5.41, 5.74) is 1.74. The van der Waals surface area contributed by atoms with Crippen LogP contribution in [0.4, 0.5) is 0 Å². The Morgan fingerprint density at radius 3 is 1.35 bits per heavy atom. The highest BCUT2D eigenvalue weighted by Crippen LogP contribution is 2.46. The first kappa shape index (κ1) is 23.0. The Bertz CT molecular complexity index is 336. The molecule has 140 valence electrons. The van der Waals surface area contributed by atoms with Crippen molar-refractivity contribution < 1.29 is 0 Å². The molecule has 0 nitrogen and oxygen atoms in total. The lowest BCUT2D eigenvalue weighted by Crippen LogP contribution is -2.31. The average Bonchev–Trinajstić information content (AvgIpc) is 2.21. The minimum Gasteiger partial charge on any atom is -0.0651 e. The molecule has 0 rings (SSSR count). The van der Waals surface area contributed by atoms with Gasteiger partial charge in [-0.1, -0.05) is 89.5 Å². The van der Waals surface area contributed by atoms with Crippen LogP contribution in [0.25, 0.3) is 0 Å². The molecule has 0 aliphatic heterocycles. The summed E-state index contributed by atoms with van der Waals surface area (Å²) in [4.78, 5) is 0. The smallest absolute Gasteiger partial charge is 0.0326 e. The van der Waals surface area contributed by atoms with Crippen LogP contribution in [-0.2, 0) is 0 Å². The van der Waals surface area contributed by atoms with E-state index in [1.807, 2.05) is 0 Å². The van der Waals surface area contributed by atoms with E-state index >= 15 is 0 Å². The van der Waals surface area contributed by atoms with Crippen molar-refractivity contribution in [2.24, 2.45) is 33.5 Å². The van der Waals surface area contributed by atoms with E-state index in [9.17, 15) is 0 Å². The molecule has 0 aromatic heterocycles. The molecule has 1 atom stereocenters. The second-order valence-electron chi connectivity index (χ2n) is 12.1. The Labute approximate surface area is 149 Å². The number of rotatable bonds is 9. The summed E-state index contributed by atoms with van der Waals surface area (Å²) in [7, 11) is 0. The van der Waals surface area contributed by atoms with Gasteiger partial charge >= 0.3 is 0 Å². The predicted octanol–water partition coefficient (Wildman–Crippen LogP) is 8.35. The molecule has 0 aliphatic carbocycles. The topological polar surface area (TPSA) is 0 Å². The maximum absolute atomic E-state index is 2.50. The summed E-state index contributed by atoms with van der Waals surface area (Å²) in [6.07, 6.45) is 6.70. The molecule has 0 heteroatoms. The molecule has 0 aromatic carbocycles. The normalized spacial score (nSPS) is 16.0. The zero-order valence-corrected chi connectivity index (χ0v) is 18.7. The van der Waals surface area contributed by atoms with Gasteiger partial charge in [-0.25, -0.2) is 0 Å². The van der Waals surface area contributed by atoms with E-state index in [1.54, 1.807) is 0 Å². The molecule has 0 spiro atoms. The molecule has 0 aromatic rings. The highest BCUT2D eigenvalue weighted by Gasteiger charge is 2.34. The molecule has 23 heavy (non-hydrogen) atoms. The lowest BCUT2D eigenvalue weighted by molar-refractivity contribution is 0.0946. The molecule has 0 heterocycles. The second kappa shape index (κ2) is 7.92. The zero-order valence-electron chi connectivity index (χ0n) is 18.7. The SMILES string of the molecule is CCC(CC(C)(C)CC(C)(C)C)CC(C)(C)CC(C)(C)C(C)C. The molecule has 0 N–H and O–H groups in total. The number of hydrogen-bond donors (Lipinski definition) is 0. The van der Waals surface area contributed by atoms with Crippen molar-refractivity contribution in [1.29, 1.82) is 0 Å². The van der Waals surface area contributed by atoms with Gasteiger partial charge in [-0.05, 0) is 59.2 Å². The van der Waals surface area contributed by atoms with Gasteiger partial charge in [-0.15, -0.1) is 0 Å². The first-order valence-corrected chi connectivity index (χ1v) is 10.00. The standard InChI is InChI=1S/C23H48/c1-13-19(14-21(7,8)16-20(4,5)6)15-22(9,10)17-23(11,12)18(2)3/h18-19H,13-17H2,1-12H3. The van der Waals surface area contributed by atoms with Crippen molar-refractivity contribution in [1.82, 2.24) is 0 Å². The minimum atomic E-state index is 0.428. The quantitative estimate of drug-likeness (QED) is 0.399. The van der Waals surface area contributed by atoms with Gasteiger partial charge in [0, 0.05) is 0 Å². The van der Waals surface area contributed by atoms with Gasteiger partial charge in [0.05, 0.1) is 0 Å². The van der Waals surface area contributed by atoms with Crippen molar-refractivity contribution in [3.8, 4) is 0 Å². The summed E-state index contributed by atoms with van der Waals surface area (Å²) in [6.45, 7) is 29.1. The molecule has 0 saturated heterocycles. The van der Waals surface area contributed by atoms with Crippen LogP contribution in [0.15, 0.2) is 0 Å². The predicted molar refractivity (Wildman–Crippen MR) is 108 cm³/mol. The van der Waals surface area contributed by atoms with Gasteiger partial charge in [0.15, 0.2) is 0 Å². The minimum absolute atomic E-state index is 0.428. The molecule has 0 amide bonds. The fourth-order valence-corrected chi connectivity index (χ4v) is 4.94. The highest BCUT2D eigenvalue weighted by atomic mass is 14.4. The van der Waals surface area contributed by atoms with E-state index in [0.29, 0.717) is 21.7 Å². The van der Waals surface area contributed by atoms with E-state index < -0.39 is 0 Å². The van der Waals surface area contributed by atoms with Crippen LogP contribution in [0.5, 0.6) is 0 Å².